The maximum absolute atomic E-state index is 11.4. The van der Waals surface area contributed by atoms with Gasteiger partial charge in [-0.3, -0.25) is 9.59 Å². The van der Waals surface area contributed by atoms with E-state index in [-0.39, 0.29) is 19.1 Å². The molecule has 0 aromatic carbocycles. The van der Waals surface area contributed by atoms with Gasteiger partial charge in [0.1, 0.15) is 6.61 Å². The Morgan fingerprint density at radius 1 is 1.35 bits per heavy atom. The van der Waals surface area contributed by atoms with Gasteiger partial charge in [-0.15, -0.1) is 0 Å². The lowest BCUT2D eigenvalue weighted by atomic mass is 10.1. The first-order chi connectivity index (χ1) is 9.47. The summed E-state index contributed by atoms with van der Waals surface area (Å²) in [4.78, 5) is 30.2. The summed E-state index contributed by atoms with van der Waals surface area (Å²) in [5, 5.41) is 20.4. The molecule has 118 valence electrons. The van der Waals surface area contributed by atoms with E-state index < -0.39 is 12.0 Å². The van der Waals surface area contributed by atoms with Crippen LogP contribution in [0.15, 0.2) is 0 Å². The van der Waals surface area contributed by atoms with Crippen molar-refractivity contribution in [3.63, 3.8) is 0 Å². The van der Waals surface area contributed by atoms with Crippen molar-refractivity contribution >= 4 is 18.3 Å². The highest BCUT2D eigenvalue weighted by molar-refractivity contribution is 5.76. The highest BCUT2D eigenvalue weighted by atomic mass is 16.5. The van der Waals surface area contributed by atoms with Gasteiger partial charge in [-0.05, 0) is 13.3 Å². The summed E-state index contributed by atoms with van der Waals surface area (Å²) in [7, 11) is 0. The number of aliphatic carboxylic acids is 1. The predicted octanol–water partition coefficient (Wildman–Crippen LogP) is -0.637. The van der Waals surface area contributed by atoms with E-state index in [1.54, 1.807) is 0 Å². The average Bonchev–Trinajstić information content (AvgIpc) is 2.39. The lowest BCUT2D eigenvalue weighted by Crippen LogP contribution is -2.40. The predicted molar refractivity (Wildman–Crippen MR) is 70.5 cm³/mol. The van der Waals surface area contributed by atoms with Gasteiger partial charge in [0.25, 0.3) is 6.47 Å². The number of aliphatic hydroxyl groups excluding tert-OH is 1. The summed E-state index contributed by atoms with van der Waals surface area (Å²) >= 11 is 0. The number of rotatable bonds is 10. The fourth-order valence-electron chi connectivity index (χ4n) is 1.31. The molecule has 0 heterocycles. The van der Waals surface area contributed by atoms with Gasteiger partial charge in [0, 0.05) is 12.4 Å². The van der Waals surface area contributed by atoms with E-state index in [0.717, 1.165) is 32.6 Å². The van der Waals surface area contributed by atoms with E-state index in [1.165, 1.54) is 0 Å². The highest BCUT2D eigenvalue weighted by Gasteiger charge is 2.11. The number of carboxylic acids is 1. The van der Waals surface area contributed by atoms with Gasteiger partial charge in [0.15, 0.2) is 0 Å². The second-order valence-corrected chi connectivity index (χ2v) is 4.18. The molecule has 0 saturated carbocycles. The van der Waals surface area contributed by atoms with Gasteiger partial charge in [-0.1, -0.05) is 26.2 Å². The maximum atomic E-state index is 11.4. The minimum atomic E-state index is -1.08. The molecule has 0 aliphatic rings. The molecular weight excluding hydrogens is 266 g/mol. The number of carboxylic acid groups (broad SMARTS) is 1. The van der Waals surface area contributed by atoms with E-state index in [1.807, 2.05) is 0 Å². The molecule has 1 unspecified atom stereocenters. The number of aliphatic hydroxyl groups is 1. The third kappa shape index (κ3) is 18.7. The van der Waals surface area contributed by atoms with E-state index in [4.69, 9.17) is 15.0 Å². The summed E-state index contributed by atoms with van der Waals surface area (Å²) in [6.07, 6.45) is 4.61. The molecule has 2 N–H and O–H groups in total. The topological polar surface area (TPSA) is 116 Å². The van der Waals surface area contributed by atoms with Crippen LogP contribution in [0, 0.1) is 0 Å². The van der Waals surface area contributed by atoms with E-state index in [2.05, 4.69) is 17.0 Å². The minimum Gasteiger partial charge on any atom is -0.550 e. The fraction of sp³-hybridized carbons (Fsp3) is 0.769. The van der Waals surface area contributed by atoms with Crippen molar-refractivity contribution in [2.24, 2.45) is 0 Å². The van der Waals surface area contributed by atoms with Gasteiger partial charge >= 0.3 is 0 Å². The van der Waals surface area contributed by atoms with Crippen LogP contribution in [0.5, 0.6) is 0 Å². The Bertz CT molecular complexity index is 266. The van der Waals surface area contributed by atoms with Crippen LogP contribution in [0.2, 0.25) is 0 Å². The Morgan fingerprint density at radius 3 is 2.40 bits per heavy atom. The zero-order chi connectivity index (χ0) is 15.8. The molecule has 0 fully saturated rings. The summed E-state index contributed by atoms with van der Waals surface area (Å²) in [5.41, 5.74) is 0. The smallest absolute Gasteiger partial charge is 0.293 e. The first kappa shape index (κ1) is 20.7. The van der Waals surface area contributed by atoms with Gasteiger partial charge in [-0.25, -0.2) is 0 Å². The van der Waals surface area contributed by atoms with Crippen molar-refractivity contribution in [2.75, 3.05) is 13.2 Å². The molecule has 0 bridgehead atoms. The fourth-order valence-corrected chi connectivity index (χ4v) is 1.31. The summed E-state index contributed by atoms with van der Waals surface area (Å²) in [5.74, 6) is -1.19. The SMILES string of the molecule is CC(=O)[O-].CCCCCCC(=O)NC(CO)COC=O. The van der Waals surface area contributed by atoms with Crippen molar-refractivity contribution in [2.45, 2.75) is 52.0 Å². The zero-order valence-corrected chi connectivity index (χ0v) is 12.1. The molecule has 0 aromatic rings. The van der Waals surface area contributed by atoms with Crippen molar-refractivity contribution in [1.29, 1.82) is 0 Å². The van der Waals surface area contributed by atoms with Crippen molar-refractivity contribution < 1.29 is 29.3 Å². The number of carbonyl (C=O) groups excluding carboxylic acids is 3. The monoisotopic (exact) mass is 290 g/mol. The van der Waals surface area contributed by atoms with Crippen LogP contribution in [0.1, 0.15) is 46.0 Å². The Morgan fingerprint density at radius 2 is 1.95 bits per heavy atom. The number of amides is 1. The molecule has 1 amide bonds. The molecule has 0 saturated heterocycles. The molecule has 0 radical (unpaired) electrons. The van der Waals surface area contributed by atoms with Gasteiger partial charge in [-0.2, -0.15) is 0 Å². The van der Waals surface area contributed by atoms with E-state index in [9.17, 15) is 9.59 Å². The summed E-state index contributed by atoms with van der Waals surface area (Å²) in [6, 6.07) is -0.496. The molecule has 0 aromatic heterocycles. The first-order valence-corrected chi connectivity index (χ1v) is 6.60. The molecule has 0 aliphatic heterocycles. The molecule has 7 nitrogen and oxygen atoms in total. The third-order valence-corrected chi connectivity index (χ3v) is 2.21. The van der Waals surface area contributed by atoms with Gasteiger partial charge in [0.2, 0.25) is 5.91 Å². The molecule has 20 heavy (non-hydrogen) atoms. The normalized spacial score (nSPS) is 10.8. The van der Waals surface area contributed by atoms with Crippen LogP contribution in [0.3, 0.4) is 0 Å². The Hall–Kier alpha value is -1.63. The maximum Gasteiger partial charge on any atom is 0.293 e. The van der Waals surface area contributed by atoms with Gasteiger partial charge < -0.3 is 25.1 Å². The number of unbranched alkanes of at least 4 members (excludes halogenated alkanes) is 3. The molecule has 0 spiro atoms. The quantitative estimate of drug-likeness (QED) is 0.408. The van der Waals surface area contributed by atoms with Crippen LogP contribution >= 0.6 is 0 Å². The molecular formula is C13H24NO6-. The van der Waals surface area contributed by atoms with Crippen molar-refractivity contribution in [1.82, 2.24) is 5.32 Å². The van der Waals surface area contributed by atoms with Crippen LogP contribution in [0.4, 0.5) is 0 Å². The Balaban J connectivity index is 0. The largest absolute Gasteiger partial charge is 0.550 e. The second-order valence-electron chi connectivity index (χ2n) is 4.18. The Kier molecular flexibility index (Phi) is 16.0. The second kappa shape index (κ2) is 15.4. The van der Waals surface area contributed by atoms with Crippen molar-refractivity contribution in [3.05, 3.63) is 0 Å². The highest BCUT2D eigenvalue weighted by Crippen LogP contribution is 2.02. The van der Waals surface area contributed by atoms with E-state index in [0.29, 0.717) is 12.9 Å². The lowest BCUT2D eigenvalue weighted by Gasteiger charge is -2.14. The molecule has 1 atom stereocenters. The number of carbonyl (C=O) groups is 3. The number of hydrogen-bond acceptors (Lipinski definition) is 6. The molecule has 0 aliphatic carbocycles. The van der Waals surface area contributed by atoms with Crippen molar-refractivity contribution in [3.8, 4) is 0 Å². The zero-order valence-electron chi connectivity index (χ0n) is 12.1. The summed E-state index contributed by atoms with van der Waals surface area (Å²) in [6.45, 7) is 3.17. The van der Waals surface area contributed by atoms with Crippen LogP contribution < -0.4 is 10.4 Å². The minimum absolute atomic E-state index is 0.0146. The average molecular weight is 290 g/mol. The van der Waals surface area contributed by atoms with Crippen LogP contribution in [-0.2, 0) is 19.1 Å². The summed E-state index contributed by atoms with van der Waals surface area (Å²) < 4.78 is 4.48. The Labute approximate surface area is 119 Å². The first-order valence-electron chi connectivity index (χ1n) is 6.60. The lowest BCUT2D eigenvalue weighted by molar-refractivity contribution is -0.302. The van der Waals surface area contributed by atoms with Crippen LogP contribution in [0.25, 0.3) is 0 Å². The van der Waals surface area contributed by atoms with Crippen LogP contribution in [-0.4, -0.2) is 42.7 Å². The van der Waals surface area contributed by atoms with E-state index >= 15 is 0 Å². The number of ether oxygens (including phenoxy) is 1. The standard InChI is InChI=1S/C11H21NO4.C2H4O2/c1-2-3-4-5-6-11(15)12-10(7-13)8-16-9-14;1-2(3)4/h9-10,13H,2-8H2,1H3,(H,12,15);1H3,(H,3,4)/p-1. The molecule has 7 heteroatoms. The number of nitrogens with one attached hydrogen (secondary N) is 1. The van der Waals surface area contributed by atoms with Gasteiger partial charge in [0.05, 0.1) is 12.6 Å². The number of hydrogen-bond donors (Lipinski definition) is 2. The molecule has 0 rings (SSSR count). The third-order valence-electron chi connectivity index (χ3n) is 2.21.